The zero-order valence-corrected chi connectivity index (χ0v) is 18.8. The van der Waals surface area contributed by atoms with Crippen LogP contribution in [0.4, 0.5) is 0 Å². The molecule has 0 heterocycles. The van der Waals surface area contributed by atoms with E-state index in [0.29, 0.717) is 0 Å². The Morgan fingerprint density at radius 2 is 0.538 bits per heavy atom. The van der Waals surface area contributed by atoms with Gasteiger partial charge in [0.2, 0.25) is 0 Å². The zero-order chi connectivity index (χ0) is 17.9. The third-order valence-corrected chi connectivity index (χ3v) is 20.3. The van der Waals surface area contributed by atoms with Crippen molar-refractivity contribution in [1.29, 1.82) is 0 Å². The summed E-state index contributed by atoms with van der Waals surface area (Å²) in [4.78, 5) is 0. The van der Waals surface area contributed by atoms with E-state index in [4.69, 9.17) is 0 Å². The molecule has 0 atom stereocenters. The average Bonchev–Trinajstić information content (AvgIpc) is 2.76. The molecule has 0 aromatic carbocycles. The topological polar surface area (TPSA) is 0 Å². The van der Waals surface area contributed by atoms with Gasteiger partial charge in [0.1, 0.15) is 0 Å². The molecule has 1 heteroatoms. The van der Waals surface area contributed by atoms with Crippen molar-refractivity contribution in [3.8, 4) is 0 Å². The molecule has 4 aliphatic carbocycles. The van der Waals surface area contributed by atoms with Crippen LogP contribution in [0.5, 0.6) is 0 Å². The summed E-state index contributed by atoms with van der Waals surface area (Å²) in [6, 6.07) is 0. The fourth-order valence-electron chi connectivity index (χ4n) is 8.93. The van der Waals surface area contributed by atoms with Crippen LogP contribution in [0.25, 0.3) is 0 Å². The van der Waals surface area contributed by atoms with Crippen molar-refractivity contribution in [1.82, 2.24) is 0 Å². The van der Waals surface area contributed by atoms with Crippen molar-refractivity contribution in [2.45, 2.75) is 151 Å². The number of hydrogen-bond acceptors (Lipinski definition) is 0. The van der Waals surface area contributed by atoms with Crippen molar-refractivity contribution in [2.24, 2.45) is 0 Å². The molecule has 26 heavy (non-hydrogen) atoms. The number of hydrogen-bond donors (Lipinski definition) is 0. The van der Waals surface area contributed by atoms with E-state index in [1.165, 1.54) is 22.6 Å². The van der Waals surface area contributed by atoms with Gasteiger partial charge in [0.15, 0.2) is 0 Å². The molecule has 4 saturated carbocycles. The average molecular weight is 379 g/mol. The van der Waals surface area contributed by atoms with Crippen LogP contribution in [0.2, 0.25) is 0 Å². The predicted molar refractivity (Wildman–Crippen MR) is 120 cm³/mol. The third kappa shape index (κ3) is 3.23. The summed E-state index contributed by atoms with van der Waals surface area (Å²) in [5.41, 5.74) is 4.74. The molecular formula is C25H47P. The Morgan fingerprint density at radius 3 is 0.731 bits per heavy atom. The van der Waals surface area contributed by atoms with Crippen LogP contribution in [-0.2, 0) is 0 Å². The molecule has 0 saturated heterocycles. The first-order valence-electron chi connectivity index (χ1n) is 12.7. The zero-order valence-electron chi connectivity index (χ0n) is 17.9. The molecule has 0 aliphatic heterocycles. The van der Waals surface area contributed by atoms with Crippen LogP contribution < -0.4 is 0 Å². The molecule has 152 valence electrons. The molecule has 0 amide bonds. The Hall–Kier alpha value is 0.430. The van der Waals surface area contributed by atoms with Gasteiger partial charge in [0.05, 0.1) is 0 Å². The summed E-state index contributed by atoms with van der Waals surface area (Å²) in [7, 11) is 0. The first-order chi connectivity index (χ1) is 12.7. The second-order valence-electron chi connectivity index (χ2n) is 11.1. The van der Waals surface area contributed by atoms with E-state index in [9.17, 15) is 0 Å². The van der Waals surface area contributed by atoms with Gasteiger partial charge in [0.25, 0.3) is 0 Å². The Bertz CT molecular complexity index is 348. The molecule has 0 nitrogen and oxygen atoms in total. The van der Waals surface area contributed by atoms with E-state index in [-0.39, 0.29) is 0 Å². The minimum atomic E-state index is -1.71. The summed E-state index contributed by atoms with van der Waals surface area (Å²) in [6.45, 7) is 1.39. The van der Waals surface area contributed by atoms with Crippen molar-refractivity contribution < 1.29 is 0 Å². The van der Waals surface area contributed by atoms with E-state index in [0.717, 1.165) is 0 Å². The SMILES string of the molecule is CP(C1CCCCC1)(C1CCCCC1)(C1CCCCC1)C1CCCCC1. The molecule has 4 fully saturated rings. The van der Waals surface area contributed by atoms with Crippen molar-refractivity contribution in [3.05, 3.63) is 0 Å². The van der Waals surface area contributed by atoms with Crippen molar-refractivity contribution >= 4 is 6.60 Å². The molecule has 0 aromatic heterocycles. The Kier molecular flexibility index (Phi) is 6.40. The Morgan fingerprint density at radius 1 is 0.346 bits per heavy atom. The first kappa shape index (κ1) is 19.7. The van der Waals surface area contributed by atoms with Gasteiger partial charge in [-0.15, -0.1) is 0 Å². The standard InChI is InChI=1S/C25H47P/c1-26(22-14-6-2-7-15-22,23-16-8-3-9-17-23,24-18-10-4-11-19-24)25-20-12-5-13-21-25/h22-25H,2-21H2,1H3. The van der Waals surface area contributed by atoms with E-state index >= 15 is 0 Å². The molecule has 4 aliphatic rings. The van der Waals surface area contributed by atoms with Crippen LogP contribution in [0.1, 0.15) is 128 Å². The van der Waals surface area contributed by atoms with Crippen LogP contribution in [-0.4, -0.2) is 29.3 Å². The monoisotopic (exact) mass is 378 g/mol. The minimum absolute atomic E-state index is 1.18. The Balaban J connectivity index is 1.79. The van der Waals surface area contributed by atoms with E-state index in [2.05, 4.69) is 6.66 Å². The van der Waals surface area contributed by atoms with Gasteiger partial charge in [-0.1, -0.05) is 0 Å². The summed E-state index contributed by atoms with van der Waals surface area (Å²) in [5.74, 6) is 0. The number of rotatable bonds is 4. The Labute approximate surface area is 164 Å². The molecule has 0 N–H and O–H groups in total. The maximum atomic E-state index is 3.10. The van der Waals surface area contributed by atoms with Gasteiger partial charge in [-0.05, 0) is 0 Å². The first-order valence-corrected chi connectivity index (χ1v) is 15.7. The maximum absolute atomic E-state index is 3.10. The molecule has 0 aromatic rings. The van der Waals surface area contributed by atoms with Gasteiger partial charge in [-0.3, -0.25) is 0 Å². The second kappa shape index (κ2) is 8.43. The third-order valence-electron chi connectivity index (χ3n) is 10.3. The normalized spacial score (nSPS) is 30.7. The van der Waals surface area contributed by atoms with Crippen LogP contribution in [0, 0.1) is 0 Å². The van der Waals surface area contributed by atoms with Crippen molar-refractivity contribution in [2.75, 3.05) is 6.66 Å². The van der Waals surface area contributed by atoms with E-state index < -0.39 is 6.60 Å². The van der Waals surface area contributed by atoms with Gasteiger partial charge in [0, 0.05) is 0 Å². The van der Waals surface area contributed by atoms with Crippen molar-refractivity contribution in [3.63, 3.8) is 0 Å². The van der Waals surface area contributed by atoms with Gasteiger partial charge in [-0.25, -0.2) is 0 Å². The molecule has 0 spiro atoms. The summed E-state index contributed by atoms with van der Waals surface area (Å²) < 4.78 is 0. The predicted octanol–water partition coefficient (Wildman–Crippen LogP) is 8.50. The molecule has 4 rings (SSSR count). The molecular weight excluding hydrogens is 331 g/mol. The van der Waals surface area contributed by atoms with Gasteiger partial charge in [-0.2, -0.15) is 0 Å². The molecule has 0 unspecified atom stereocenters. The van der Waals surface area contributed by atoms with Crippen LogP contribution in [0.15, 0.2) is 0 Å². The quantitative estimate of drug-likeness (QED) is 0.430. The summed E-state index contributed by atoms with van der Waals surface area (Å²) in [6.07, 6.45) is 31.8. The van der Waals surface area contributed by atoms with Gasteiger partial charge >= 0.3 is 164 Å². The molecule has 0 radical (unpaired) electrons. The summed E-state index contributed by atoms with van der Waals surface area (Å²) in [5, 5.41) is 0. The summed E-state index contributed by atoms with van der Waals surface area (Å²) >= 11 is 0. The van der Waals surface area contributed by atoms with Crippen LogP contribution in [0.3, 0.4) is 0 Å². The van der Waals surface area contributed by atoms with Crippen LogP contribution >= 0.6 is 6.60 Å². The fourth-order valence-corrected chi connectivity index (χ4v) is 19.6. The molecule has 0 bridgehead atoms. The second-order valence-corrected chi connectivity index (χ2v) is 17.9. The van der Waals surface area contributed by atoms with Gasteiger partial charge < -0.3 is 0 Å². The fraction of sp³-hybridized carbons (Fsp3) is 1.00. The van der Waals surface area contributed by atoms with E-state index in [1.807, 2.05) is 0 Å². The van der Waals surface area contributed by atoms with E-state index in [1.54, 1.807) is 128 Å².